The third-order valence-electron chi connectivity index (χ3n) is 3.00. The number of rotatable bonds is 4. The van der Waals surface area contributed by atoms with Crippen molar-refractivity contribution in [1.82, 2.24) is 20.1 Å². The van der Waals surface area contributed by atoms with Gasteiger partial charge in [-0.25, -0.2) is 9.67 Å². The molecule has 0 aliphatic heterocycles. The van der Waals surface area contributed by atoms with Gasteiger partial charge in [0, 0.05) is 0 Å². The number of aromatic nitrogens is 3. The molecule has 1 aromatic heterocycles. The Hall–Kier alpha value is -1.68. The lowest BCUT2D eigenvalue weighted by atomic mass is 10.1. The highest BCUT2D eigenvalue weighted by molar-refractivity contribution is 5.49. The molecule has 0 radical (unpaired) electrons. The summed E-state index contributed by atoms with van der Waals surface area (Å²) in [5.74, 6) is 0.951. The molecular formula is C14H20N4. The van der Waals surface area contributed by atoms with E-state index in [0.29, 0.717) is 0 Å². The van der Waals surface area contributed by atoms with Gasteiger partial charge in [-0.05, 0) is 38.4 Å². The van der Waals surface area contributed by atoms with Gasteiger partial charge in [-0.3, -0.25) is 0 Å². The second kappa shape index (κ2) is 5.31. The molecule has 1 heterocycles. The Bertz CT molecular complexity index is 519. The van der Waals surface area contributed by atoms with Crippen LogP contribution in [0.15, 0.2) is 18.5 Å². The van der Waals surface area contributed by atoms with Crippen molar-refractivity contribution in [3.63, 3.8) is 0 Å². The van der Waals surface area contributed by atoms with Gasteiger partial charge in [0.15, 0.2) is 0 Å². The lowest BCUT2D eigenvalue weighted by Crippen LogP contribution is -2.17. The van der Waals surface area contributed by atoms with Crippen molar-refractivity contribution in [2.45, 2.75) is 34.2 Å². The average molecular weight is 244 g/mol. The number of hydrogen-bond donors (Lipinski definition) is 1. The summed E-state index contributed by atoms with van der Waals surface area (Å²) in [6.07, 6.45) is 1.62. The molecule has 0 bridgehead atoms. The highest BCUT2D eigenvalue weighted by Crippen LogP contribution is 2.21. The van der Waals surface area contributed by atoms with Crippen LogP contribution in [0.2, 0.25) is 0 Å². The standard InChI is InChI=1S/C14H20N4/c1-5-15-8-13-16-9-17-18(13)14-11(3)6-10(2)7-12(14)4/h6-7,9,15H,5,8H2,1-4H3. The van der Waals surface area contributed by atoms with Crippen molar-refractivity contribution in [3.8, 4) is 5.69 Å². The lowest BCUT2D eigenvalue weighted by molar-refractivity contribution is 0.662. The number of aryl methyl sites for hydroxylation is 3. The summed E-state index contributed by atoms with van der Waals surface area (Å²) in [6.45, 7) is 10.1. The summed E-state index contributed by atoms with van der Waals surface area (Å²) in [6, 6.07) is 4.36. The van der Waals surface area contributed by atoms with Crippen LogP contribution in [0.1, 0.15) is 29.4 Å². The van der Waals surface area contributed by atoms with Crippen molar-refractivity contribution >= 4 is 0 Å². The van der Waals surface area contributed by atoms with E-state index in [9.17, 15) is 0 Å². The fraction of sp³-hybridized carbons (Fsp3) is 0.429. The van der Waals surface area contributed by atoms with Gasteiger partial charge in [-0.2, -0.15) is 5.10 Å². The van der Waals surface area contributed by atoms with E-state index in [2.05, 4.69) is 55.2 Å². The molecule has 0 saturated carbocycles. The van der Waals surface area contributed by atoms with Crippen molar-refractivity contribution in [2.24, 2.45) is 0 Å². The molecule has 4 heteroatoms. The summed E-state index contributed by atoms with van der Waals surface area (Å²) in [4.78, 5) is 4.32. The number of hydrogen-bond acceptors (Lipinski definition) is 3. The predicted molar refractivity (Wildman–Crippen MR) is 73.0 cm³/mol. The van der Waals surface area contributed by atoms with Crippen LogP contribution in [-0.4, -0.2) is 21.3 Å². The Balaban J connectivity index is 2.46. The molecule has 0 aliphatic rings. The largest absolute Gasteiger partial charge is 0.310 e. The highest BCUT2D eigenvalue weighted by Gasteiger charge is 2.11. The van der Waals surface area contributed by atoms with Gasteiger partial charge >= 0.3 is 0 Å². The van der Waals surface area contributed by atoms with Crippen LogP contribution in [-0.2, 0) is 6.54 Å². The first-order chi connectivity index (χ1) is 8.63. The lowest BCUT2D eigenvalue weighted by Gasteiger charge is -2.13. The summed E-state index contributed by atoms with van der Waals surface area (Å²) in [5, 5.41) is 7.64. The van der Waals surface area contributed by atoms with Gasteiger partial charge in [-0.1, -0.05) is 24.6 Å². The van der Waals surface area contributed by atoms with Gasteiger partial charge in [0.05, 0.1) is 12.2 Å². The Morgan fingerprint density at radius 2 is 1.83 bits per heavy atom. The fourth-order valence-corrected chi connectivity index (χ4v) is 2.32. The normalized spacial score (nSPS) is 10.9. The summed E-state index contributed by atoms with van der Waals surface area (Å²) in [7, 11) is 0. The zero-order valence-corrected chi connectivity index (χ0v) is 11.5. The van der Waals surface area contributed by atoms with Gasteiger partial charge in [0.25, 0.3) is 0 Å². The predicted octanol–water partition coefficient (Wildman–Crippen LogP) is 2.30. The van der Waals surface area contributed by atoms with Gasteiger partial charge < -0.3 is 5.32 Å². The average Bonchev–Trinajstić information content (AvgIpc) is 2.73. The molecule has 2 aromatic rings. The maximum atomic E-state index is 4.36. The SMILES string of the molecule is CCNCc1ncnn1-c1c(C)cc(C)cc1C. The molecular weight excluding hydrogens is 224 g/mol. The fourth-order valence-electron chi connectivity index (χ4n) is 2.32. The van der Waals surface area contributed by atoms with Crippen molar-refractivity contribution in [1.29, 1.82) is 0 Å². The van der Waals surface area contributed by atoms with Crippen LogP contribution in [0.25, 0.3) is 5.69 Å². The number of benzene rings is 1. The van der Waals surface area contributed by atoms with E-state index in [1.165, 1.54) is 16.7 Å². The van der Waals surface area contributed by atoms with E-state index in [-0.39, 0.29) is 0 Å². The molecule has 0 aliphatic carbocycles. The maximum Gasteiger partial charge on any atom is 0.146 e. The molecule has 0 saturated heterocycles. The maximum absolute atomic E-state index is 4.36. The summed E-state index contributed by atoms with van der Waals surface area (Å²) < 4.78 is 1.94. The van der Waals surface area contributed by atoms with Gasteiger partial charge in [0.1, 0.15) is 12.2 Å². The minimum Gasteiger partial charge on any atom is -0.310 e. The molecule has 0 amide bonds. The number of nitrogens with zero attached hydrogens (tertiary/aromatic N) is 3. The minimum absolute atomic E-state index is 0.739. The number of nitrogens with one attached hydrogen (secondary N) is 1. The van der Waals surface area contributed by atoms with Crippen LogP contribution in [0.4, 0.5) is 0 Å². The van der Waals surface area contributed by atoms with E-state index >= 15 is 0 Å². The third kappa shape index (κ3) is 2.43. The molecule has 0 unspecified atom stereocenters. The molecule has 1 N–H and O–H groups in total. The monoisotopic (exact) mass is 244 g/mol. The first kappa shape index (κ1) is 12.8. The molecule has 4 nitrogen and oxygen atoms in total. The van der Waals surface area contributed by atoms with Crippen LogP contribution in [0.3, 0.4) is 0 Å². The van der Waals surface area contributed by atoms with Crippen LogP contribution in [0.5, 0.6) is 0 Å². The molecule has 0 fully saturated rings. The Labute approximate surface area is 108 Å². The third-order valence-corrected chi connectivity index (χ3v) is 3.00. The Morgan fingerprint density at radius 1 is 1.17 bits per heavy atom. The Morgan fingerprint density at radius 3 is 2.44 bits per heavy atom. The molecule has 1 aromatic carbocycles. The summed E-state index contributed by atoms with van der Waals surface area (Å²) in [5.41, 5.74) is 4.89. The molecule has 96 valence electrons. The van der Waals surface area contributed by atoms with E-state index in [1.54, 1.807) is 6.33 Å². The van der Waals surface area contributed by atoms with E-state index < -0.39 is 0 Å². The molecule has 0 spiro atoms. The van der Waals surface area contributed by atoms with E-state index in [4.69, 9.17) is 0 Å². The van der Waals surface area contributed by atoms with Crippen molar-refractivity contribution in [3.05, 3.63) is 41.0 Å². The van der Waals surface area contributed by atoms with Gasteiger partial charge in [0.2, 0.25) is 0 Å². The van der Waals surface area contributed by atoms with Crippen LogP contribution >= 0.6 is 0 Å². The van der Waals surface area contributed by atoms with Gasteiger partial charge in [-0.15, -0.1) is 0 Å². The van der Waals surface area contributed by atoms with Crippen LogP contribution < -0.4 is 5.32 Å². The first-order valence-electron chi connectivity index (χ1n) is 6.31. The molecule has 0 atom stereocenters. The topological polar surface area (TPSA) is 42.7 Å². The highest BCUT2D eigenvalue weighted by atomic mass is 15.3. The van der Waals surface area contributed by atoms with E-state index in [0.717, 1.165) is 24.6 Å². The summed E-state index contributed by atoms with van der Waals surface area (Å²) >= 11 is 0. The quantitative estimate of drug-likeness (QED) is 0.897. The second-order valence-corrected chi connectivity index (χ2v) is 4.62. The zero-order chi connectivity index (χ0) is 13.1. The minimum atomic E-state index is 0.739. The zero-order valence-electron chi connectivity index (χ0n) is 11.5. The second-order valence-electron chi connectivity index (χ2n) is 4.62. The first-order valence-corrected chi connectivity index (χ1v) is 6.31. The van der Waals surface area contributed by atoms with Crippen molar-refractivity contribution in [2.75, 3.05) is 6.54 Å². The van der Waals surface area contributed by atoms with E-state index in [1.807, 2.05) is 4.68 Å². The molecule has 18 heavy (non-hydrogen) atoms. The van der Waals surface area contributed by atoms with Crippen molar-refractivity contribution < 1.29 is 0 Å². The van der Waals surface area contributed by atoms with Crippen LogP contribution in [0, 0.1) is 20.8 Å². The molecule has 2 rings (SSSR count). The Kier molecular flexibility index (Phi) is 3.77. The smallest absolute Gasteiger partial charge is 0.146 e.